The van der Waals surface area contributed by atoms with Crippen molar-refractivity contribution >= 4 is 42.3 Å². The zero-order chi connectivity index (χ0) is 39.7. The lowest BCUT2D eigenvalue weighted by molar-refractivity contribution is -0.384. The highest BCUT2D eigenvalue weighted by molar-refractivity contribution is 6.75. The number of non-ortho nitro benzene ring substituents is 1. The number of rotatable bonds is 13. The number of hydrogen-bond acceptors (Lipinski definition) is 10. The molecule has 14 heteroatoms. The van der Waals surface area contributed by atoms with Crippen molar-refractivity contribution in [1.29, 1.82) is 0 Å². The first-order valence-electron chi connectivity index (χ1n) is 18.1. The summed E-state index contributed by atoms with van der Waals surface area (Å²) in [5, 5.41) is 14.0. The molecule has 0 saturated carbocycles. The summed E-state index contributed by atoms with van der Waals surface area (Å²) in [6.07, 6.45) is -4.96. The van der Waals surface area contributed by atoms with Gasteiger partial charge in [-0.15, -0.1) is 0 Å². The molecule has 52 heavy (non-hydrogen) atoms. The zero-order valence-electron chi connectivity index (χ0n) is 34.3. The molecule has 292 valence electrons. The number of ether oxygens (including phenoxy) is 3. The molecule has 11 nitrogen and oxygen atoms in total. The summed E-state index contributed by atoms with van der Waals surface area (Å²) in [6.45, 7) is 32.4. The van der Waals surface area contributed by atoms with Crippen LogP contribution in [0.3, 0.4) is 0 Å². The van der Waals surface area contributed by atoms with Crippen LogP contribution < -0.4 is 10.1 Å². The first kappa shape index (κ1) is 43.8. The van der Waals surface area contributed by atoms with Crippen molar-refractivity contribution in [3.63, 3.8) is 0 Å². The summed E-state index contributed by atoms with van der Waals surface area (Å²) in [7, 11) is -6.11. The number of benzene rings is 2. The molecule has 0 spiro atoms. The van der Waals surface area contributed by atoms with E-state index in [1.807, 2.05) is 30.3 Å². The van der Waals surface area contributed by atoms with Crippen molar-refractivity contribution in [1.82, 2.24) is 0 Å². The lowest BCUT2D eigenvalue weighted by Crippen LogP contribution is -2.69. The largest absolute Gasteiger partial charge is 0.460 e. The van der Waals surface area contributed by atoms with E-state index >= 15 is 0 Å². The van der Waals surface area contributed by atoms with Gasteiger partial charge in [0.15, 0.2) is 31.1 Å². The van der Waals surface area contributed by atoms with Gasteiger partial charge in [0.05, 0.1) is 10.6 Å². The Kier molecular flexibility index (Phi) is 13.5. The number of nitrogens with one attached hydrogen (secondary N) is 1. The van der Waals surface area contributed by atoms with E-state index in [-0.39, 0.29) is 27.4 Å². The van der Waals surface area contributed by atoms with Crippen LogP contribution in [0.15, 0.2) is 48.5 Å². The molecule has 1 fully saturated rings. The molecule has 3 rings (SSSR count). The summed E-state index contributed by atoms with van der Waals surface area (Å²) < 4.78 is 41.3. The van der Waals surface area contributed by atoms with Gasteiger partial charge >= 0.3 is 5.97 Å². The molecule has 0 radical (unpaired) electrons. The normalized spacial score (nSPS) is 22.1. The van der Waals surface area contributed by atoms with Gasteiger partial charge in [-0.1, -0.05) is 92.6 Å². The third kappa shape index (κ3) is 10.3. The minimum absolute atomic E-state index is 0.0434. The summed E-state index contributed by atoms with van der Waals surface area (Å²) in [5.74, 6) is -0.304. The fraction of sp³-hybridized carbons (Fsp3) is 0.658. The third-order valence-electron chi connectivity index (χ3n) is 11.3. The lowest BCUT2D eigenvalue weighted by atomic mass is 9.99. The molecule has 1 saturated heterocycles. The van der Waals surface area contributed by atoms with Crippen molar-refractivity contribution in [3.8, 4) is 5.75 Å². The Morgan fingerprint density at radius 2 is 1.25 bits per heavy atom. The Hall–Kier alpha value is -2.60. The van der Waals surface area contributed by atoms with Gasteiger partial charge in [0.2, 0.25) is 6.29 Å². The fourth-order valence-corrected chi connectivity index (χ4v) is 8.77. The standard InChI is InChI=1S/C38H64N2O9Si3/c1-36(2,3)50(11,12)47-30-31(48-51(13,14)37(4,5)6)33(49-52(15,16)38(7,8)9)35(45-29-23-22-27(40(42)43)24-28(29)39-10)46-32(30)34(41)44-25-26-20-18-17-19-21-26/h17-24,30-33,35,39H,25H2,1-16H3/t30-,31+,32+,33-,35-/m1/s1. The third-order valence-corrected chi connectivity index (χ3v) is 24.8. The Bertz CT molecular complexity index is 1530. The molecule has 1 N–H and O–H groups in total. The van der Waals surface area contributed by atoms with E-state index in [1.165, 1.54) is 18.2 Å². The second-order valence-corrected chi connectivity index (χ2v) is 32.6. The van der Waals surface area contributed by atoms with Gasteiger partial charge in [-0.05, 0) is 66.0 Å². The Balaban J connectivity index is 2.31. The van der Waals surface area contributed by atoms with Gasteiger partial charge in [-0.25, -0.2) is 4.79 Å². The number of nitro benzene ring substituents is 1. The molecular weight excluding hydrogens is 713 g/mol. The van der Waals surface area contributed by atoms with Crippen molar-refractivity contribution in [2.45, 2.75) is 154 Å². The Labute approximate surface area is 315 Å². The van der Waals surface area contributed by atoms with E-state index in [1.54, 1.807) is 7.05 Å². The molecule has 1 heterocycles. The van der Waals surface area contributed by atoms with Crippen LogP contribution in [0.25, 0.3) is 0 Å². The Morgan fingerprint density at radius 1 is 0.769 bits per heavy atom. The molecule has 2 aromatic rings. The molecule has 0 bridgehead atoms. The Morgan fingerprint density at radius 3 is 1.71 bits per heavy atom. The maximum Gasteiger partial charge on any atom is 0.338 e. The predicted octanol–water partition coefficient (Wildman–Crippen LogP) is 9.65. The summed E-state index contributed by atoms with van der Waals surface area (Å²) >= 11 is 0. The zero-order valence-corrected chi connectivity index (χ0v) is 37.3. The van der Waals surface area contributed by atoms with Gasteiger partial charge in [0.1, 0.15) is 30.7 Å². The predicted molar refractivity (Wildman–Crippen MR) is 214 cm³/mol. The SMILES string of the molecule is CNc1cc([N+](=O)[O-])ccc1O[C@@H]1O[C@H](C(=O)OCc2ccccc2)[C@H](O[Si](C)(C)C(C)(C)C)[C@H](O[Si](C)(C)C(C)(C)C)[C@H]1O[Si](C)(C)C(C)(C)C. The highest BCUT2D eigenvalue weighted by Crippen LogP contribution is 2.46. The maximum absolute atomic E-state index is 14.4. The lowest BCUT2D eigenvalue weighted by Gasteiger charge is -2.53. The minimum atomic E-state index is -2.59. The molecule has 0 unspecified atom stereocenters. The van der Waals surface area contributed by atoms with E-state index in [0.717, 1.165) is 5.56 Å². The van der Waals surface area contributed by atoms with E-state index in [0.29, 0.717) is 11.4 Å². The van der Waals surface area contributed by atoms with Crippen LogP contribution in [-0.2, 0) is 34.2 Å². The number of esters is 1. The molecule has 0 amide bonds. The first-order valence-corrected chi connectivity index (χ1v) is 26.9. The van der Waals surface area contributed by atoms with Crippen molar-refractivity contribution in [2.24, 2.45) is 0 Å². The van der Waals surface area contributed by atoms with Crippen LogP contribution in [0.5, 0.6) is 5.75 Å². The van der Waals surface area contributed by atoms with Crippen LogP contribution in [0.1, 0.15) is 67.9 Å². The highest BCUT2D eigenvalue weighted by Gasteiger charge is 2.59. The smallest absolute Gasteiger partial charge is 0.338 e. The quantitative estimate of drug-likeness (QED) is 0.0909. The topological polar surface area (TPSA) is 128 Å². The molecule has 5 atom stereocenters. The molecule has 2 aromatic carbocycles. The van der Waals surface area contributed by atoms with E-state index in [4.69, 9.17) is 27.5 Å². The molecule has 1 aliphatic heterocycles. The van der Waals surface area contributed by atoms with E-state index in [9.17, 15) is 14.9 Å². The second-order valence-electron chi connectivity index (χ2n) is 18.4. The van der Waals surface area contributed by atoms with E-state index in [2.05, 4.69) is 107 Å². The first-order chi connectivity index (χ1) is 23.6. The summed E-state index contributed by atoms with van der Waals surface area (Å²) in [4.78, 5) is 25.6. The highest BCUT2D eigenvalue weighted by atomic mass is 28.4. The molecule has 0 aromatic heterocycles. The van der Waals surface area contributed by atoms with Crippen LogP contribution >= 0.6 is 0 Å². The minimum Gasteiger partial charge on any atom is -0.460 e. The average Bonchev–Trinajstić information content (AvgIpc) is 3.01. The van der Waals surface area contributed by atoms with Crippen molar-refractivity contribution in [3.05, 3.63) is 64.2 Å². The number of hydrogen-bond donors (Lipinski definition) is 1. The molecule has 0 aliphatic carbocycles. The number of nitro groups is 1. The number of carbonyl (C=O) groups is 1. The monoisotopic (exact) mass is 776 g/mol. The fourth-order valence-electron chi connectivity index (χ4n) is 4.90. The van der Waals surface area contributed by atoms with Crippen molar-refractivity contribution in [2.75, 3.05) is 12.4 Å². The number of anilines is 1. The number of carbonyl (C=O) groups excluding carboxylic acids is 1. The summed E-state index contributed by atoms with van der Waals surface area (Å²) in [5.41, 5.74) is 1.12. The summed E-state index contributed by atoms with van der Waals surface area (Å²) in [6, 6.07) is 13.8. The van der Waals surface area contributed by atoms with Crippen LogP contribution in [-0.4, -0.2) is 73.6 Å². The van der Waals surface area contributed by atoms with Gasteiger partial charge in [0.25, 0.3) is 5.69 Å². The van der Waals surface area contributed by atoms with Gasteiger partial charge in [-0.3, -0.25) is 10.1 Å². The van der Waals surface area contributed by atoms with Gasteiger partial charge in [0, 0.05) is 19.2 Å². The average molecular weight is 777 g/mol. The molecule has 1 aliphatic rings. The number of nitrogens with zero attached hydrogens (tertiary/aromatic N) is 1. The maximum atomic E-state index is 14.4. The van der Waals surface area contributed by atoms with Gasteiger partial charge in [-0.2, -0.15) is 0 Å². The van der Waals surface area contributed by atoms with Crippen LogP contribution in [0.2, 0.25) is 54.4 Å². The van der Waals surface area contributed by atoms with Crippen molar-refractivity contribution < 1.29 is 37.2 Å². The van der Waals surface area contributed by atoms with Crippen LogP contribution in [0, 0.1) is 10.1 Å². The van der Waals surface area contributed by atoms with E-state index < -0.39 is 66.6 Å². The molecular formula is C38H64N2O9Si3. The van der Waals surface area contributed by atoms with Gasteiger partial charge < -0.3 is 32.8 Å². The second kappa shape index (κ2) is 16.0. The van der Waals surface area contributed by atoms with Crippen LogP contribution in [0.4, 0.5) is 11.4 Å².